The average Bonchev–Trinajstić information content (AvgIpc) is 2.98. The average molecular weight is 476 g/mol. The third-order valence-corrected chi connectivity index (χ3v) is 5.79. The molecule has 4 amide bonds. The van der Waals surface area contributed by atoms with E-state index in [-0.39, 0.29) is 5.56 Å². The van der Waals surface area contributed by atoms with E-state index in [0.29, 0.717) is 16.6 Å². The third kappa shape index (κ3) is 5.00. The van der Waals surface area contributed by atoms with E-state index >= 15 is 0 Å². The summed E-state index contributed by atoms with van der Waals surface area (Å²) in [5.41, 5.74) is -1.21. The first-order valence-electron chi connectivity index (χ1n) is 10.8. The Kier molecular flexibility index (Phi) is 6.90. The van der Waals surface area contributed by atoms with Crippen molar-refractivity contribution in [1.82, 2.24) is 10.2 Å². The summed E-state index contributed by atoms with van der Waals surface area (Å²) in [6, 6.07) is 10.8. The number of nitrogens with one attached hydrogen (secondary N) is 2. The number of benzene rings is 2. The van der Waals surface area contributed by atoms with Crippen LogP contribution in [-0.4, -0.2) is 41.9 Å². The van der Waals surface area contributed by atoms with E-state index in [1.807, 2.05) is 19.1 Å². The second-order valence-corrected chi connectivity index (χ2v) is 8.50. The normalized spacial score (nSPS) is 18.3. The molecule has 1 fully saturated rings. The molecule has 2 aromatic carbocycles. The van der Waals surface area contributed by atoms with Crippen molar-refractivity contribution in [2.24, 2.45) is 0 Å². The topological polar surface area (TPSA) is 81.8 Å². The van der Waals surface area contributed by atoms with Gasteiger partial charge in [-0.1, -0.05) is 12.1 Å². The van der Waals surface area contributed by atoms with Crippen molar-refractivity contribution < 1.29 is 27.6 Å². The minimum absolute atomic E-state index is 0.0233. The molecule has 34 heavy (non-hydrogen) atoms. The van der Waals surface area contributed by atoms with Crippen LogP contribution < -0.4 is 15.5 Å². The van der Waals surface area contributed by atoms with Crippen LogP contribution in [-0.2, 0) is 21.3 Å². The summed E-state index contributed by atoms with van der Waals surface area (Å²) >= 11 is 0. The van der Waals surface area contributed by atoms with Gasteiger partial charge in [0.15, 0.2) is 0 Å². The number of hydrogen-bond donors (Lipinski definition) is 2. The van der Waals surface area contributed by atoms with Gasteiger partial charge in [-0.3, -0.25) is 14.5 Å². The zero-order chi connectivity index (χ0) is 25.3. The maximum atomic E-state index is 13.1. The molecule has 3 rings (SSSR count). The number of amides is 4. The minimum Gasteiger partial charge on any atom is -0.369 e. The van der Waals surface area contributed by atoms with Crippen LogP contribution in [0, 0.1) is 0 Å². The molecule has 0 aromatic heterocycles. The molecule has 1 aliphatic rings. The summed E-state index contributed by atoms with van der Waals surface area (Å²) in [4.78, 5) is 40.8. The van der Waals surface area contributed by atoms with E-state index in [1.165, 1.54) is 19.1 Å². The maximum Gasteiger partial charge on any atom is 0.416 e. The Balaban J connectivity index is 1.71. The van der Waals surface area contributed by atoms with Crippen LogP contribution in [0.1, 0.15) is 38.8 Å². The van der Waals surface area contributed by atoms with E-state index < -0.39 is 41.7 Å². The van der Waals surface area contributed by atoms with Crippen molar-refractivity contribution in [2.75, 3.05) is 23.3 Å². The zero-order valence-electron chi connectivity index (χ0n) is 19.4. The monoisotopic (exact) mass is 476 g/mol. The van der Waals surface area contributed by atoms with Gasteiger partial charge >= 0.3 is 12.2 Å². The van der Waals surface area contributed by atoms with Crippen LogP contribution in [0.4, 0.5) is 29.3 Å². The molecule has 1 aliphatic heterocycles. The summed E-state index contributed by atoms with van der Waals surface area (Å²) in [6.45, 7) is 7.75. The van der Waals surface area contributed by atoms with Gasteiger partial charge in [0.05, 0.1) is 5.56 Å². The largest absolute Gasteiger partial charge is 0.416 e. The summed E-state index contributed by atoms with van der Waals surface area (Å²) in [5.74, 6) is -1.42. The number of anilines is 2. The molecule has 1 atom stereocenters. The molecule has 0 aliphatic carbocycles. The summed E-state index contributed by atoms with van der Waals surface area (Å²) in [7, 11) is 0. The lowest BCUT2D eigenvalue weighted by Crippen LogP contribution is -2.42. The smallest absolute Gasteiger partial charge is 0.369 e. The van der Waals surface area contributed by atoms with Crippen molar-refractivity contribution in [3.63, 3.8) is 0 Å². The van der Waals surface area contributed by atoms with Gasteiger partial charge in [0.2, 0.25) is 5.91 Å². The predicted molar refractivity (Wildman–Crippen MR) is 122 cm³/mol. The van der Waals surface area contributed by atoms with Gasteiger partial charge < -0.3 is 15.5 Å². The molecule has 182 valence electrons. The molecule has 1 heterocycles. The zero-order valence-corrected chi connectivity index (χ0v) is 19.4. The molecular formula is C24H27F3N4O3. The van der Waals surface area contributed by atoms with E-state index in [4.69, 9.17) is 0 Å². The lowest BCUT2D eigenvalue weighted by Gasteiger charge is -2.27. The van der Waals surface area contributed by atoms with E-state index in [1.54, 1.807) is 12.1 Å². The number of urea groups is 1. The third-order valence-electron chi connectivity index (χ3n) is 5.79. The van der Waals surface area contributed by atoms with Crippen molar-refractivity contribution in [3.8, 4) is 0 Å². The fourth-order valence-electron chi connectivity index (χ4n) is 3.97. The number of carbonyl (C=O) groups excluding carboxylic acids is 3. The highest BCUT2D eigenvalue weighted by Gasteiger charge is 2.50. The van der Waals surface area contributed by atoms with Gasteiger partial charge in [-0.2, -0.15) is 13.2 Å². The van der Waals surface area contributed by atoms with Gasteiger partial charge in [0, 0.05) is 24.0 Å². The fourth-order valence-corrected chi connectivity index (χ4v) is 3.97. The number of carbonyl (C=O) groups is 3. The number of hydrogen-bond acceptors (Lipinski definition) is 4. The second-order valence-electron chi connectivity index (χ2n) is 8.50. The molecule has 2 aromatic rings. The highest BCUT2D eigenvalue weighted by molar-refractivity contribution is 6.10. The van der Waals surface area contributed by atoms with Crippen LogP contribution in [0.5, 0.6) is 0 Å². The first-order chi connectivity index (χ1) is 15.9. The molecule has 0 saturated carbocycles. The van der Waals surface area contributed by atoms with E-state index in [9.17, 15) is 27.6 Å². The van der Waals surface area contributed by atoms with Crippen LogP contribution in [0.3, 0.4) is 0 Å². The first-order valence-corrected chi connectivity index (χ1v) is 10.8. The minimum atomic E-state index is -4.60. The second kappa shape index (κ2) is 9.36. The van der Waals surface area contributed by atoms with Crippen LogP contribution in [0.25, 0.3) is 0 Å². The van der Waals surface area contributed by atoms with E-state index in [2.05, 4.69) is 29.4 Å². The molecule has 2 N–H and O–H groups in total. The highest BCUT2D eigenvalue weighted by Crippen LogP contribution is 2.34. The van der Waals surface area contributed by atoms with Gasteiger partial charge in [-0.15, -0.1) is 0 Å². The Hall–Kier alpha value is -3.56. The SMILES string of the molecule is CCN(c1ccc(NC(=O)CN2C(=O)NC(C)(c3cccc(C(F)(F)F)c3)C2=O)cc1)C(C)C. The lowest BCUT2D eigenvalue weighted by molar-refractivity contribution is -0.138. The number of nitrogens with zero attached hydrogens (tertiary/aromatic N) is 2. The van der Waals surface area contributed by atoms with Gasteiger partial charge in [-0.25, -0.2) is 4.79 Å². The van der Waals surface area contributed by atoms with Gasteiger partial charge in [-0.05, 0) is 69.7 Å². The number of imide groups is 1. The van der Waals surface area contributed by atoms with Crippen molar-refractivity contribution in [3.05, 3.63) is 59.7 Å². The molecule has 0 spiro atoms. The van der Waals surface area contributed by atoms with Gasteiger partial charge in [0.1, 0.15) is 12.1 Å². The highest BCUT2D eigenvalue weighted by atomic mass is 19.4. The summed E-state index contributed by atoms with van der Waals surface area (Å²) < 4.78 is 39.3. The van der Waals surface area contributed by atoms with Crippen LogP contribution >= 0.6 is 0 Å². The van der Waals surface area contributed by atoms with Crippen molar-refractivity contribution >= 4 is 29.2 Å². The standard InChI is InChI=1S/C24H27F3N4O3/c1-5-30(15(2)3)19-11-9-18(10-12-19)28-20(32)14-31-21(33)23(4,29-22(31)34)16-7-6-8-17(13-16)24(25,26)27/h6-13,15H,5,14H2,1-4H3,(H,28,32)(H,29,34). The van der Waals surface area contributed by atoms with E-state index in [0.717, 1.165) is 24.4 Å². The van der Waals surface area contributed by atoms with Gasteiger partial charge in [0.25, 0.3) is 5.91 Å². The van der Waals surface area contributed by atoms with Crippen molar-refractivity contribution in [1.29, 1.82) is 0 Å². The number of rotatable bonds is 7. The Labute approximate surface area is 195 Å². The molecule has 1 saturated heterocycles. The Morgan fingerprint density at radius 1 is 1.15 bits per heavy atom. The Morgan fingerprint density at radius 2 is 1.79 bits per heavy atom. The molecule has 10 heteroatoms. The number of alkyl halides is 3. The Morgan fingerprint density at radius 3 is 2.35 bits per heavy atom. The Bertz CT molecular complexity index is 1090. The molecule has 1 unspecified atom stereocenters. The van der Waals surface area contributed by atoms with Crippen LogP contribution in [0.2, 0.25) is 0 Å². The molecule has 0 bridgehead atoms. The first kappa shape index (κ1) is 25.1. The summed E-state index contributed by atoms with van der Waals surface area (Å²) in [6.07, 6.45) is -4.60. The lowest BCUT2D eigenvalue weighted by atomic mass is 9.90. The molecule has 0 radical (unpaired) electrons. The maximum absolute atomic E-state index is 13.1. The molecular weight excluding hydrogens is 449 g/mol. The van der Waals surface area contributed by atoms with Crippen LogP contribution in [0.15, 0.2) is 48.5 Å². The number of halogens is 3. The predicted octanol–water partition coefficient (Wildman–Crippen LogP) is 4.35. The summed E-state index contributed by atoms with van der Waals surface area (Å²) in [5, 5.41) is 5.06. The fraction of sp³-hybridized carbons (Fsp3) is 0.375. The molecule has 7 nitrogen and oxygen atoms in total. The quantitative estimate of drug-likeness (QED) is 0.583. The van der Waals surface area contributed by atoms with Crippen molar-refractivity contribution in [2.45, 2.75) is 45.5 Å².